The number of rotatable bonds is 4. The zero-order chi connectivity index (χ0) is 27.3. The van der Waals surface area contributed by atoms with Gasteiger partial charge in [0.05, 0.1) is 40.3 Å². The summed E-state index contributed by atoms with van der Waals surface area (Å²) >= 11 is 0. The van der Waals surface area contributed by atoms with Gasteiger partial charge in [0.25, 0.3) is 0 Å². The monoisotopic (exact) mass is 533 g/mol. The van der Waals surface area contributed by atoms with Crippen molar-refractivity contribution in [1.29, 1.82) is 0 Å². The van der Waals surface area contributed by atoms with Crippen LogP contribution in [0, 0.1) is 5.82 Å². The van der Waals surface area contributed by atoms with Gasteiger partial charge in [-0.15, -0.1) is 5.10 Å². The Morgan fingerprint density at radius 1 is 1.23 bits per heavy atom. The summed E-state index contributed by atoms with van der Waals surface area (Å²) in [4.78, 5) is 2.48. The Kier molecular flexibility index (Phi) is 6.66. The molecule has 1 saturated heterocycles. The summed E-state index contributed by atoms with van der Waals surface area (Å²) in [7, 11) is 1.83. The number of hydrogen-bond donors (Lipinski definition) is 1. The third kappa shape index (κ3) is 4.60. The van der Waals surface area contributed by atoms with Crippen LogP contribution in [0.3, 0.4) is 0 Å². The van der Waals surface area contributed by atoms with Gasteiger partial charge in [0.15, 0.2) is 0 Å². The predicted molar refractivity (Wildman–Crippen MR) is 149 cm³/mol. The van der Waals surface area contributed by atoms with E-state index in [1.165, 1.54) is 6.07 Å². The highest BCUT2D eigenvalue weighted by Crippen LogP contribution is 2.37. The largest absolute Gasteiger partial charge is 0.473 e. The lowest BCUT2D eigenvalue weighted by atomic mass is 10.0. The average molecular weight is 534 g/mol. The molecule has 39 heavy (non-hydrogen) atoms. The van der Waals surface area contributed by atoms with Crippen molar-refractivity contribution in [2.45, 2.75) is 78.3 Å². The van der Waals surface area contributed by atoms with Crippen molar-refractivity contribution >= 4 is 23.1 Å². The minimum atomic E-state index is -0.352. The quantitative estimate of drug-likeness (QED) is 0.378. The van der Waals surface area contributed by atoms with Crippen LogP contribution in [-0.4, -0.2) is 59.5 Å². The Bertz CT molecular complexity index is 1530. The number of aromatic amines is 1. The van der Waals surface area contributed by atoms with E-state index in [0.29, 0.717) is 34.1 Å². The third-order valence-electron chi connectivity index (χ3n) is 7.72. The maximum atomic E-state index is 15.4. The Morgan fingerprint density at radius 2 is 2.08 bits per heavy atom. The molecule has 0 radical (unpaired) electrons. The summed E-state index contributed by atoms with van der Waals surface area (Å²) in [5.41, 5.74) is 4.48. The minimum Gasteiger partial charge on any atom is -0.473 e. The first-order valence-electron chi connectivity index (χ1n) is 13.9. The number of aromatic nitrogens is 6. The number of H-pyrrole nitrogens is 1. The molecule has 1 fully saturated rings. The number of hydrogen-bond acceptors (Lipinski definition) is 6. The first-order valence-corrected chi connectivity index (χ1v) is 13.9. The molecule has 10 heteroatoms. The van der Waals surface area contributed by atoms with E-state index in [0.717, 1.165) is 55.5 Å². The number of nitrogens with zero attached hydrogens (tertiary/aromatic N) is 6. The zero-order valence-electron chi connectivity index (χ0n) is 23.2. The van der Waals surface area contributed by atoms with Gasteiger partial charge in [-0.3, -0.25) is 14.7 Å². The molecule has 2 atom stereocenters. The third-order valence-corrected chi connectivity index (χ3v) is 7.72. The van der Waals surface area contributed by atoms with E-state index in [1.807, 2.05) is 39.1 Å². The Hall–Kier alpha value is -3.66. The highest BCUT2D eigenvalue weighted by molar-refractivity contribution is 5.93. The molecule has 2 aliphatic heterocycles. The first kappa shape index (κ1) is 25.6. The molecular formula is C29H36FN7O2. The average Bonchev–Trinajstić information content (AvgIpc) is 3.66. The first-order chi connectivity index (χ1) is 18.8. The van der Waals surface area contributed by atoms with Crippen molar-refractivity contribution < 1.29 is 13.9 Å². The van der Waals surface area contributed by atoms with Gasteiger partial charge in [0.2, 0.25) is 11.8 Å². The topological polar surface area (TPSA) is 86.0 Å². The van der Waals surface area contributed by atoms with E-state index in [9.17, 15) is 0 Å². The molecule has 2 bridgehead atoms. The summed E-state index contributed by atoms with van der Waals surface area (Å²) in [5.74, 6) is 0.834. The van der Waals surface area contributed by atoms with E-state index in [1.54, 1.807) is 10.9 Å². The highest BCUT2D eigenvalue weighted by Gasteiger charge is 2.34. The van der Waals surface area contributed by atoms with Crippen molar-refractivity contribution in [3.8, 4) is 22.9 Å². The van der Waals surface area contributed by atoms with Crippen LogP contribution in [0.15, 0.2) is 18.3 Å². The molecule has 2 unspecified atom stereocenters. The second-order valence-electron chi connectivity index (χ2n) is 10.9. The van der Waals surface area contributed by atoms with E-state index < -0.39 is 0 Å². The van der Waals surface area contributed by atoms with Gasteiger partial charge in [0, 0.05) is 43.2 Å². The molecule has 0 saturated carbocycles. The van der Waals surface area contributed by atoms with Crippen molar-refractivity contribution in [1.82, 2.24) is 34.7 Å². The standard InChI is InChI=1S/C29H36FN7O2/c1-6-11-37-27-16-36-12-7-8-26(36)18(4)39-29-22(15-31-35(29)5)20-13-21-24(32-33-25(21)14-23(20)30)10-9-19(27)28(34-37)38-17(2)3/h9-10,13-15,17-18,26H,6-8,11-12,16H2,1-5H3,(H,32,33)/b10-9+. The van der Waals surface area contributed by atoms with Crippen molar-refractivity contribution in [3.63, 3.8) is 0 Å². The Labute approximate surface area is 227 Å². The number of ether oxygens (including phenoxy) is 2. The van der Waals surface area contributed by atoms with Gasteiger partial charge in [-0.2, -0.15) is 10.2 Å². The lowest BCUT2D eigenvalue weighted by molar-refractivity contribution is 0.0923. The highest BCUT2D eigenvalue weighted by atomic mass is 19.1. The molecule has 1 aromatic carbocycles. The van der Waals surface area contributed by atoms with E-state index in [2.05, 4.69) is 38.7 Å². The van der Waals surface area contributed by atoms with Crippen LogP contribution in [0.1, 0.15) is 63.9 Å². The van der Waals surface area contributed by atoms with Gasteiger partial charge in [-0.25, -0.2) is 9.07 Å². The molecule has 1 N–H and O–H groups in total. The fraction of sp³-hybridized carbons (Fsp3) is 0.483. The Morgan fingerprint density at radius 3 is 2.87 bits per heavy atom. The van der Waals surface area contributed by atoms with Crippen molar-refractivity contribution in [2.24, 2.45) is 7.05 Å². The van der Waals surface area contributed by atoms with Crippen LogP contribution in [-0.2, 0) is 20.1 Å². The maximum absolute atomic E-state index is 15.4. The van der Waals surface area contributed by atoms with Crippen LogP contribution >= 0.6 is 0 Å². The predicted octanol–water partition coefficient (Wildman–Crippen LogP) is 5.41. The molecular weight excluding hydrogens is 497 g/mol. The smallest absolute Gasteiger partial charge is 0.240 e. The van der Waals surface area contributed by atoms with E-state index in [-0.39, 0.29) is 24.1 Å². The number of fused-ring (bicyclic) bond motifs is 5. The van der Waals surface area contributed by atoms with Gasteiger partial charge < -0.3 is 9.47 Å². The zero-order valence-corrected chi connectivity index (χ0v) is 23.2. The molecule has 206 valence electrons. The van der Waals surface area contributed by atoms with Crippen LogP contribution in [0.2, 0.25) is 0 Å². The molecule has 2 aliphatic rings. The maximum Gasteiger partial charge on any atom is 0.240 e. The lowest BCUT2D eigenvalue weighted by Crippen LogP contribution is -2.40. The van der Waals surface area contributed by atoms with Crippen LogP contribution in [0.5, 0.6) is 11.8 Å². The van der Waals surface area contributed by atoms with Gasteiger partial charge in [-0.05, 0) is 64.8 Å². The second kappa shape index (κ2) is 10.1. The van der Waals surface area contributed by atoms with E-state index in [4.69, 9.17) is 14.6 Å². The fourth-order valence-electron chi connectivity index (χ4n) is 5.86. The van der Waals surface area contributed by atoms with Gasteiger partial charge >= 0.3 is 0 Å². The molecule has 6 rings (SSSR count). The molecule has 0 amide bonds. The van der Waals surface area contributed by atoms with Gasteiger partial charge in [0.1, 0.15) is 11.9 Å². The van der Waals surface area contributed by atoms with Gasteiger partial charge in [-0.1, -0.05) is 6.92 Å². The Balaban J connectivity index is 1.57. The van der Waals surface area contributed by atoms with E-state index >= 15 is 4.39 Å². The molecule has 0 aliphatic carbocycles. The number of benzene rings is 1. The number of halogens is 1. The summed E-state index contributed by atoms with van der Waals surface area (Å²) < 4.78 is 32.0. The molecule has 3 aromatic heterocycles. The molecule has 0 spiro atoms. The van der Waals surface area contributed by atoms with Crippen LogP contribution in [0.4, 0.5) is 4.39 Å². The normalized spacial score (nSPS) is 20.4. The van der Waals surface area contributed by atoms with Crippen LogP contribution in [0.25, 0.3) is 34.2 Å². The SMILES string of the molecule is CCCn1nc(OC(C)C)c2c1CN1CCCC1C(C)Oc1c(cnn1C)-c1cc3c(n[nH]c3cc1F)/C=C/2. The fourth-order valence-corrected chi connectivity index (χ4v) is 5.86. The summed E-state index contributed by atoms with van der Waals surface area (Å²) in [5, 5.41) is 17.6. The van der Waals surface area contributed by atoms with Crippen molar-refractivity contribution in [3.05, 3.63) is 41.1 Å². The summed E-state index contributed by atoms with van der Waals surface area (Å²) in [6.45, 7) is 10.8. The number of nitrogens with one attached hydrogen (secondary N) is 1. The number of aryl methyl sites for hydroxylation is 2. The van der Waals surface area contributed by atoms with Crippen LogP contribution < -0.4 is 9.47 Å². The summed E-state index contributed by atoms with van der Waals surface area (Å²) in [6.07, 6.45) is 8.62. The minimum absolute atomic E-state index is 0.0131. The molecule has 9 nitrogen and oxygen atoms in total. The van der Waals surface area contributed by atoms with Crippen molar-refractivity contribution in [2.75, 3.05) is 6.54 Å². The summed E-state index contributed by atoms with van der Waals surface area (Å²) in [6, 6.07) is 3.51. The second-order valence-corrected chi connectivity index (χ2v) is 10.9. The molecule has 4 aromatic rings. The molecule has 5 heterocycles. The lowest BCUT2D eigenvalue weighted by Gasteiger charge is -2.30.